The van der Waals surface area contributed by atoms with Crippen molar-refractivity contribution in [1.29, 1.82) is 0 Å². The van der Waals surface area contributed by atoms with E-state index in [9.17, 15) is 18.0 Å². The summed E-state index contributed by atoms with van der Waals surface area (Å²) >= 11 is 0. The van der Waals surface area contributed by atoms with Crippen LogP contribution in [0.5, 0.6) is 0 Å². The molecule has 1 aromatic carbocycles. The van der Waals surface area contributed by atoms with Gasteiger partial charge in [0.15, 0.2) is 11.6 Å². The second-order valence-electron chi connectivity index (χ2n) is 2.98. The zero-order valence-corrected chi connectivity index (χ0v) is 14.4. The molecule has 1 aromatic rings. The van der Waals surface area contributed by atoms with Gasteiger partial charge in [0.25, 0.3) is 0 Å². The van der Waals surface area contributed by atoms with Gasteiger partial charge in [-0.1, -0.05) is 23.1 Å². The molecule has 0 N–H and O–H groups in total. The van der Waals surface area contributed by atoms with Crippen molar-refractivity contribution in [1.82, 2.24) is 0 Å². The summed E-state index contributed by atoms with van der Waals surface area (Å²) in [6, 6.07) is 4.18. The van der Waals surface area contributed by atoms with E-state index in [-0.39, 0.29) is 49.5 Å². The maximum absolute atomic E-state index is 11.4. The molecular weight excluding hydrogens is 417 g/mol. The Kier molecular flexibility index (Phi) is 4.15. The summed E-state index contributed by atoms with van der Waals surface area (Å²) in [5.41, 5.74) is 0.113. The van der Waals surface area contributed by atoms with Gasteiger partial charge in [-0.3, -0.25) is 9.59 Å². The standard InChI is InChI=1S/C10H5O4S.Hg/c11-7-4-5-8(12)10-6(7)2-1-3-9(10)15(13)14;/h1-5H;/q-1;+1. The fourth-order valence-electron chi connectivity index (χ4n) is 1.45. The molecule has 0 aliphatic heterocycles. The molecule has 1 radical (unpaired) electrons. The molecule has 1 aliphatic carbocycles. The van der Waals surface area contributed by atoms with Gasteiger partial charge >= 0.3 is 27.7 Å². The van der Waals surface area contributed by atoms with Crippen LogP contribution in [-0.4, -0.2) is 11.6 Å². The Balaban J connectivity index is 0.00000128. The monoisotopic (exact) mass is 423 g/mol. The van der Waals surface area contributed by atoms with Crippen LogP contribution in [0.3, 0.4) is 0 Å². The van der Waals surface area contributed by atoms with E-state index < -0.39 is 16.5 Å². The molecule has 4 nitrogen and oxygen atoms in total. The first-order chi connectivity index (χ1) is 7.11. The third kappa shape index (κ3) is 2.15. The van der Waals surface area contributed by atoms with Gasteiger partial charge in [-0.2, -0.15) is 0 Å². The number of allylic oxidation sites excluding steroid dienone is 2. The molecule has 0 bridgehead atoms. The van der Waals surface area contributed by atoms with Gasteiger partial charge in [0.1, 0.15) is 0 Å². The minimum absolute atomic E-state index is 0. The van der Waals surface area contributed by atoms with Crippen molar-refractivity contribution in [3.05, 3.63) is 41.5 Å². The minimum atomic E-state index is -2.51. The Morgan fingerprint density at radius 3 is 2.19 bits per heavy atom. The summed E-state index contributed by atoms with van der Waals surface area (Å²) < 4.78 is 21.7. The molecule has 2 rings (SSSR count). The van der Waals surface area contributed by atoms with E-state index in [4.69, 9.17) is 0 Å². The van der Waals surface area contributed by atoms with E-state index in [1.54, 1.807) is 0 Å². The molecule has 0 spiro atoms. The predicted molar refractivity (Wildman–Crippen MR) is 51.2 cm³/mol. The van der Waals surface area contributed by atoms with E-state index >= 15 is 0 Å². The molecule has 0 fully saturated rings. The van der Waals surface area contributed by atoms with Crippen LogP contribution < -0.4 is 0 Å². The Morgan fingerprint density at radius 1 is 0.938 bits per heavy atom. The van der Waals surface area contributed by atoms with Crippen LogP contribution in [0.1, 0.15) is 20.7 Å². The van der Waals surface area contributed by atoms with E-state index in [0.717, 1.165) is 12.2 Å². The first-order valence-electron chi connectivity index (χ1n) is 4.10. The summed E-state index contributed by atoms with van der Waals surface area (Å²) in [6.45, 7) is 0. The Hall–Kier alpha value is -0.815. The maximum Gasteiger partial charge on any atom is 1.00 e. The van der Waals surface area contributed by atoms with Crippen LogP contribution in [0.25, 0.3) is 0 Å². The van der Waals surface area contributed by atoms with E-state index in [0.29, 0.717) is 0 Å². The van der Waals surface area contributed by atoms with Crippen molar-refractivity contribution >= 4 is 22.3 Å². The number of ketones is 2. The number of hydrogen-bond acceptors (Lipinski definition) is 5. The maximum atomic E-state index is 11.4. The molecule has 0 saturated carbocycles. The average molecular weight is 422 g/mol. The minimum Gasteiger partial charge on any atom is -0.420 e. The number of fused-ring (bicyclic) bond motifs is 1. The van der Waals surface area contributed by atoms with Crippen LogP contribution in [0, 0.1) is 0 Å². The van der Waals surface area contributed by atoms with E-state index in [1.165, 1.54) is 18.2 Å². The topological polar surface area (TPSA) is 68.3 Å². The van der Waals surface area contributed by atoms with Gasteiger partial charge in [-0.05, 0) is 22.9 Å². The van der Waals surface area contributed by atoms with Crippen LogP contribution in [0.4, 0.5) is 0 Å². The van der Waals surface area contributed by atoms with Crippen LogP contribution in [0.2, 0.25) is 0 Å². The molecule has 0 aromatic heterocycles. The molecule has 0 amide bonds. The van der Waals surface area contributed by atoms with Gasteiger partial charge < -0.3 is 8.42 Å². The first-order valence-corrected chi connectivity index (χ1v) is 5.18. The summed E-state index contributed by atoms with van der Waals surface area (Å²) in [5.74, 6) is -0.804. The van der Waals surface area contributed by atoms with Gasteiger partial charge in [0.2, 0.25) is 0 Å². The first kappa shape index (κ1) is 13.3. The quantitative estimate of drug-likeness (QED) is 0.506. The van der Waals surface area contributed by atoms with Crippen molar-refractivity contribution in [2.24, 2.45) is 0 Å². The number of rotatable bonds is 1. The number of hydrogen-bond donors (Lipinski definition) is 0. The van der Waals surface area contributed by atoms with Crippen molar-refractivity contribution in [3.8, 4) is 0 Å². The molecule has 1 aliphatic rings. The van der Waals surface area contributed by atoms with Crippen molar-refractivity contribution < 1.29 is 45.7 Å². The summed E-state index contributed by atoms with van der Waals surface area (Å²) in [7, 11) is -2.51. The van der Waals surface area contributed by atoms with E-state index in [2.05, 4.69) is 0 Å². The zero-order valence-electron chi connectivity index (χ0n) is 8.14. The van der Waals surface area contributed by atoms with Crippen LogP contribution in [-0.2, 0) is 46.8 Å². The fraction of sp³-hybridized carbons (Fsp3) is 0. The Bertz CT molecular complexity index is 564. The number of carbonyl (C=O) groups excluding carboxylic acids is 2. The molecule has 0 atom stereocenters. The van der Waals surface area contributed by atoms with Crippen LogP contribution in [0.15, 0.2) is 35.2 Å². The Morgan fingerprint density at radius 2 is 1.56 bits per heavy atom. The van der Waals surface area contributed by atoms with E-state index in [1.807, 2.05) is 0 Å². The third-order valence-corrected chi connectivity index (χ3v) is 2.80. The van der Waals surface area contributed by atoms with Gasteiger partial charge in [0, 0.05) is 11.1 Å². The average Bonchev–Trinajstić information content (AvgIpc) is 2.23. The van der Waals surface area contributed by atoms with Gasteiger partial charge in [-0.15, -0.1) is 0 Å². The molecule has 16 heavy (non-hydrogen) atoms. The normalized spacial score (nSPS) is 13.6. The SMILES string of the molecule is O=C1C=CC(=O)c2c1cccc2[S-](=O)=O.[Hg+]. The third-order valence-electron chi connectivity index (χ3n) is 2.10. The number of benzene rings is 1. The smallest absolute Gasteiger partial charge is 0.420 e. The molecule has 77 valence electrons. The van der Waals surface area contributed by atoms with Gasteiger partial charge in [0.05, 0.1) is 0 Å². The summed E-state index contributed by atoms with van der Waals surface area (Å²) in [5, 5.41) is 0. The van der Waals surface area contributed by atoms with Gasteiger partial charge in [-0.25, -0.2) is 0 Å². The second kappa shape index (κ2) is 5.01. The van der Waals surface area contributed by atoms with Crippen LogP contribution >= 0.6 is 0 Å². The van der Waals surface area contributed by atoms with Crippen molar-refractivity contribution in [2.45, 2.75) is 4.90 Å². The second-order valence-corrected chi connectivity index (χ2v) is 3.88. The summed E-state index contributed by atoms with van der Waals surface area (Å²) in [6.07, 6.45) is 2.23. The zero-order chi connectivity index (χ0) is 11.0. The molecular formula is C10H5HgO4S. The summed E-state index contributed by atoms with van der Waals surface area (Å²) in [4.78, 5) is 22.7. The molecule has 0 saturated heterocycles. The predicted octanol–water partition coefficient (Wildman–Crippen LogP) is 1.29. The fourth-order valence-corrected chi connectivity index (χ4v) is 2.02. The van der Waals surface area contributed by atoms with Crippen molar-refractivity contribution in [2.75, 3.05) is 0 Å². The largest absolute Gasteiger partial charge is 1.00 e. The van der Waals surface area contributed by atoms with Crippen molar-refractivity contribution in [3.63, 3.8) is 0 Å². The Labute approximate surface area is 114 Å². The molecule has 6 heteroatoms. The number of carbonyl (C=O) groups is 2. The molecule has 0 unspecified atom stereocenters. The molecule has 0 heterocycles.